The van der Waals surface area contributed by atoms with E-state index in [1.165, 1.54) is 30.6 Å². The molecule has 20 heavy (non-hydrogen) atoms. The van der Waals surface area contributed by atoms with E-state index in [1.807, 2.05) is 7.05 Å². The van der Waals surface area contributed by atoms with E-state index in [2.05, 4.69) is 53.1 Å². The Hall–Kier alpha value is -0.970. The minimum Gasteiger partial charge on any atom is -0.373 e. The summed E-state index contributed by atoms with van der Waals surface area (Å²) in [5.74, 6) is 3.57. The van der Waals surface area contributed by atoms with Crippen molar-refractivity contribution in [3.05, 3.63) is 11.9 Å². The Labute approximate surface area is 126 Å². The van der Waals surface area contributed by atoms with Gasteiger partial charge in [-0.1, -0.05) is 20.8 Å². The summed E-state index contributed by atoms with van der Waals surface area (Å²) in [5.41, 5.74) is 1.20. The molecule has 112 valence electrons. The lowest BCUT2D eigenvalue weighted by atomic mass is 10.0. The third-order valence-corrected chi connectivity index (χ3v) is 5.06. The van der Waals surface area contributed by atoms with Crippen LogP contribution >= 0.6 is 11.8 Å². The summed E-state index contributed by atoms with van der Waals surface area (Å²) in [6.45, 7) is 6.62. The number of rotatable bonds is 6. The van der Waals surface area contributed by atoms with Gasteiger partial charge in [-0.3, -0.25) is 0 Å². The van der Waals surface area contributed by atoms with Crippen molar-refractivity contribution in [3.8, 4) is 0 Å². The van der Waals surface area contributed by atoms with Crippen LogP contribution in [0.3, 0.4) is 0 Å². The molecule has 0 aliphatic heterocycles. The maximum Gasteiger partial charge on any atom is 0.135 e. The number of nitrogens with zero attached hydrogens (tertiary/aromatic N) is 2. The average molecular weight is 294 g/mol. The van der Waals surface area contributed by atoms with Crippen LogP contribution in [0.5, 0.6) is 0 Å². The van der Waals surface area contributed by atoms with Crippen LogP contribution in [-0.4, -0.2) is 34.1 Å². The zero-order valence-corrected chi connectivity index (χ0v) is 13.8. The van der Waals surface area contributed by atoms with E-state index < -0.39 is 0 Å². The minimum atomic E-state index is 0.406. The van der Waals surface area contributed by atoms with Crippen molar-refractivity contribution in [2.45, 2.75) is 57.2 Å². The standard InChI is InChI=1S/C15H26N4S/c1-5-20-12-7-6-11(8-12)19-15-13(10(2)3)14(16-4)17-9-18-15/h9-12H,5-8H2,1-4H3,(H2,16,17,18,19). The third-order valence-electron chi connectivity index (χ3n) is 3.83. The molecular weight excluding hydrogens is 268 g/mol. The molecule has 2 atom stereocenters. The van der Waals surface area contributed by atoms with Gasteiger partial charge in [-0.25, -0.2) is 9.97 Å². The predicted octanol–water partition coefficient (Wildman–Crippen LogP) is 3.73. The molecule has 1 saturated carbocycles. The molecule has 5 heteroatoms. The molecule has 1 aliphatic rings. The fourth-order valence-corrected chi connectivity index (χ4v) is 4.05. The molecule has 0 spiro atoms. The van der Waals surface area contributed by atoms with Gasteiger partial charge in [-0.15, -0.1) is 0 Å². The normalized spacial score (nSPS) is 22.2. The summed E-state index contributed by atoms with van der Waals surface area (Å²) < 4.78 is 0. The predicted molar refractivity (Wildman–Crippen MR) is 88.8 cm³/mol. The molecular formula is C15H26N4S. The van der Waals surface area contributed by atoms with E-state index in [0.717, 1.165) is 16.9 Å². The lowest BCUT2D eigenvalue weighted by molar-refractivity contribution is 0.742. The summed E-state index contributed by atoms with van der Waals surface area (Å²) in [6.07, 6.45) is 5.45. The summed E-state index contributed by atoms with van der Waals surface area (Å²) in [7, 11) is 1.92. The highest BCUT2D eigenvalue weighted by Gasteiger charge is 2.26. The van der Waals surface area contributed by atoms with Gasteiger partial charge in [0.05, 0.1) is 0 Å². The first kappa shape index (κ1) is 15.4. The van der Waals surface area contributed by atoms with E-state index in [9.17, 15) is 0 Å². The second kappa shape index (κ2) is 7.16. The molecule has 1 aromatic heterocycles. The van der Waals surface area contributed by atoms with Crippen molar-refractivity contribution in [2.75, 3.05) is 23.4 Å². The molecule has 1 fully saturated rings. The van der Waals surface area contributed by atoms with Gasteiger partial charge < -0.3 is 10.6 Å². The Bertz CT molecular complexity index is 436. The van der Waals surface area contributed by atoms with Gasteiger partial charge in [-0.05, 0) is 30.9 Å². The Balaban J connectivity index is 2.10. The van der Waals surface area contributed by atoms with Crippen molar-refractivity contribution < 1.29 is 0 Å². The number of hydrogen-bond donors (Lipinski definition) is 2. The van der Waals surface area contributed by atoms with Gasteiger partial charge in [0.15, 0.2) is 0 Å². The van der Waals surface area contributed by atoms with Gasteiger partial charge in [0.25, 0.3) is 0 Å². The quantitative estimate of drug-likeness (QED) is 0.837. The van der Waals surface area contributed by atoms with Crippen LogP contribution in [0.15, 0.2) is 6.33 Å². The smallest absolute Gasteiger partial charge is 0.135 e. The summed E-state index contributed by atoms with van der Waals surface area (Å²) in [4.78, 5) is 8.81. The zero-order chi connectivity index (χ0) is 14.5. The summed E-state index contributed by atoms with van der Waals surface area (Å²) in [6, 6.07) is 0.552. The molecule has 2 rings (SSSR count). The fourth-order valence-electron chi connectivity index (χ4n) is 2.91. The molecule has 0 amide bonds. The number of thioether (sulfide) groups is 1. The van der Waals surface area contributed by atoms with Gasteiger partial charge in [0.1, 0.15) is 18.0 Å². The van der Waals surface area contributed by atoms with Crippen molar-refractivity contribution in [1.82, 2.24) is 9.97 Å². The Kier molecular flexibility index (Phi) is 5.52. The lowest BCUT2D eigenvalue weighted by Crippen LogP contribution is -2.19. The fraction of sp³-hybridized carbons (Fsp3) is 0.733. The van der Waals surface area contributed by atoms with Gasteiger partial charge in [-0.2, -0.15) is 11.8 Å². The molecule has 1 aromatic rings. The second-order valence-electron chi connectivity index (χ2n) is 5.62. The van der Waals surface area contributed by atoms with Crippen LogP contribution < -0.4 is 10.6 Å². The highest BCUT2D eigenvalue weighted by atomic mass is 32.2. The maximum atomic E-state index is 4.47. The minimum absolute atomic E-state index is 0.406. The molecule has 4 nitrogen and oxygen atoms in total. The highest BCUT2D eigenvalue weighted by molar-refractivity contribution is 7.99. The van der Waals surface area contributed by atoms with Crippen molar-refractivity contribution in [1.29, 1.82) is 0 Å². The van der Waals surface area contributed by atoms with Gasteiger partial charge in [0.2, 0.25) is 0 Å². The van der Waals surface area contributed by atoms with Crippen molar-refractivity contribution in [2.24, 2.45) is 0 Å². The van der Waals surface area contributed by atoms with Gasteiger partial charge in [0, 0.05) is 23.9 Å². The molecule has 1 aliphatic carbocycles. The molecule has 2 N–H and O–H groups in total. The number of hydrogen-bond acceptors (Lipinski definition) is 5. The van der Waals surface area contributed by atoms with Crippen LogP contribution in [0.2, 0.25) is 0 Å². The largest absolute Gasteiger partial charge is 0.373 e. The number of aromatic nitrogens is 2. The summed E-state index contributed by atoms with van der Waals surface area (Å²) >= 11 is 2.09. The van der Waals surface area contributed by atoms with Crippen molar-refractivity contribution in [3.63, 3.8) is 0 Å². The highest BCUT2D eigenvalue weighted by Crippen LogP contribution is 2.34. The van der Waals surface area contributed by atoms with E-state index in [0.29, 0.717) is 12.0 Å². The van der Waals surface area contributed by atoms with Crippen molar-refractivity contribution >= 4 is 23.4 Å². The summed E-state index contributed by atoms with van der Waals surface area (Å²) in [5, 5.41) is 7.64. The molecule has 0 radical (unpaired) electrons. The van der Waals surface area contributed by atoms with Gasteiger partial charge >= 0.3 is 0 Å². The molecule has 0 bridgehead atoms. The molecule has 0 aromatic carbocycles. The maximum absolute atomic E-state index is 4.47. The van der Waals surface area contributed by atoms with Crippen LogP contribution in [0.25, 0.3) is 0 Å². The Morgan fingerprint density at radius 3 is 2.70 bits per heavy atom. The average Bonchev–Trinajstić information content (AvgIpc) is 2.86. The first-order chi connectivity index (χ1) is 9.65. The molecule has 1 heterocycles. The molecule has 0 saturated heterocycles. The van der Waals surface area contributed by atoms with Crippen LogP contribution in [0, 0.1) is 0 Å². The van der Waals surface area contributed by atoms with E-state index in [-0.39, 0.29) is 0 Å². The van der Waals surface area contributed by atoms with Crippen LogP contribution in [0.1, 0.15) is 51.5 Å². The monoisotopic (exact) mass is 294 g/mol. The van der Waals surface area contributed by atoms with E-state index in [4.69, 9.17) is 0 Å². The Morgan fingerprint density at radius 2 is 2.05 bits per heavy atom. The first-order valence-corrected chi connectivity index (χ1v) is 8.61. The third kappa shape index (κ3) is 3.57. The van der Waals surface area contributed by atoms with E-state index in [1.54, 1.807) is 6.33 Å². The lowest BCUT2D eigenvalue weighted by Gasteiger charge is -2.20. The van der Waals surface area contributed by atoms with Crippen LogP contribution in [-0.2, 0) is 0 Å². The SMILES string of the molecule is CCSC1CCC(Nc2ncnc(NC)c2C(C)C)C1. The second-order valence-corrected chi connectivity index (χ2v) is 7.20. The van der Waals surface area contributed by atoms with E-state index >= 15 is 0 Å². The zero-order valence-electron chi connectivity index (χ0n) is 12.9. The number of nitrogens with one attached hydrogen (secondary N) is 2. The Morgan fingerprint density at radius 1 is 1.30 bits per heavy atom. The topological polar surface area (TPSA) is 49.8 Å². The van der Waals surface area contributed by atoms with Crippen LogP contribution in [0.4, 0.5) is 11.6 Å². The first-order valence-electron chi connectivity index (χ1n) is 7.56. The number of anilines is 2. The molecule has 2 unspecified atom stereocenters.